The minimum Gasteiger partial charge on any atom is -0.328 e. The van der Waals surface area contributed by atoms with Gasteiger partial charge in [0.25, 0.3) is 0 Å². The van der Waals surface area contributed by atoms with Gasteiger partial charge in [-0.05, 0) is 37.8 Å². The Balaban J connectivity index is 2.19. The Kier molecular flexibility index (Phi) is 4.45. The summed E-state index contributed by atoms with van der Waals surface area (Å²) in [6.45, 7) is 0. The second-order valence-corrected chi connectivity index (χ2v) is 6.84. The van der Waals surface area contributed by atoms with E-state index in [0.29, 0.717) is 12.8 Å². The van der Waals surface area contributed by atoms with Crippen LogP contribution in [0.25, 0.3) is 0 Å². The number of nitrogens with one attached hydrogen (secondary N) is 1. The maximum atomic E-state index is 13.6. The van der Waals surface area contributed by atoms with Crippen molar-refractivity contribution in [1.29, 1.82) is 0 Å². The standard InChI is InChI=1S/C12H16ClFN2O2S/c13-10-2-1-3-11(14)12(10)19(17,18)16-9-6-4-8(15)5-7-9/h1-3,8-9,16H,4-7,15H2. The quantitative estimate of drug-likeness (QED) is 0.897. The molecule has 3 N–H and O–H groups in total. The van der Waals surface area contributed by atoms with Gasteiger partial charge in [-0.15, -0.1) is 0 Å². The van der Waals surface area contributed by atoms with Crippen LogP contribution in [0, 0.1) is 5.82 Å². The molecule has 1 fully saturated rings. The zero-order chi connectivity index (χ0) is 14.0. The van der Waals surface area contributed by atoms with Crippen molar-refractivity contribution in [2.45, 2.75) is 42.7 Å². The number of nitrogens with two attached hydrogens (primary N) is 1. The Morgan fingerprint density at radius 1 is 1.26 bits per heavy atom. The molecule has 106 valence electrons. The average molecular weight is 307 g/mol. The first-order chi connectivity index (χ1) is 8.90. The monoisotopic (exact) mass is 306 g/mol. The lowest BCUT2D eigenvalue weighted by atomic mass is 9.93. The van der Waals surface area contributed by atoms with E-state index < -0.39 is 20.7 Å². The lowest BCUT2D eigenvalue weighted by molar-refractivity contribution is 0.373. The van der Waals surface area contributed by atoms with Gasteiger partial charge in [0, 0.05) is 12.1 Å². The number of hydrogen-bond acceptors (Lipinski definition) is 3. The van der Waals surface area contributed by atoms with E-state index in [1.54, 1.807) is 0 Å². The summed E-state index contributed by atoms with van der Waals surface area (Å²) in [4.78, 5) is -0.480. The van der Waals surface area contributed by atoms with E-state index >= 15 is 0 Å². The largest absolute Gasteiger partial charge is 0.328 e. The zero-order valence-corrected chi connectivity index (χ0v) is 11.8. The highest BCUT2D eigenvalue weighted by Crippen LogP contribution is 2.26. The van der Waals surface area contributed by atoms with Crippen LogP contribution >= 0.6 is 11.6 Å². The maximum Gasteiger partial charge on any atom is 0.245 e. The summed E-state index contributed by atoms with van der Waals surface area (Å²) < 4.78 is 40.5. The number of benzene rings is 1. The molecule has 1 saturated carbocycles. The first-order valence-corrected chi connectivity index (χ1v) is 7.98. The number of rotatable bonds is 3. The van der Waals surface area contributed by atoms with Gasteiger partial charge in [-0.1, -0.05) is 17.7 Å². The minimum atomic E-state index is -3.94. The van der Waals surface area contributed by atoms with E-state index in [0.717, 1.165) is 18.9 Å². The molecule has 0 atom stereocenters. The molecule has 0 amide bonds. The van der Waals surface area contributed by atoms with Gasteiger partial charge in [-0.2, -0.15) is 0 Å². The molecule has 0 unspecified atom stereocenters. The molecule has 7 heteroatoms. The lowest BCUT2D eigenvalue weighted by Gasteiger charge is -2.26. The van der Waals surface area contributed by atoms with Crippen LogP contribution in [0.2, 0.25) is 5.02 Å². The first-order valence-electron chi connectivity index (χ1n) is 6.12. The minimum absolute atomic E-state index is 0.111. The topological polar surface area (TPSA) is 72.2 Å². The Hall–Kier alpha value is -0.690. The molecule has 0 radical (unpaired) electrons. The third-order valence-electron chi connectivity index (χ3n) is 3.28. The van der Waals surface area contributed by atoms with Gasteiger partial charge >= 0.3 is 0 Å². The highest BCUT2D eigenvalue weighted by atomic mass is 35.5. The maximum absolute atomic E-state index is 13.6. The van der Waals surface area contributed by atoms with E-state index in [9.17, 15) is 12.8 Å². The second kappa shape index (κ2) is 5.75. The summed E-state index contributed by atoms with van der Waals surface area (Å²) in [5.74, 6) is -0.840. The molecule has 19 heavy (non-hydrogen) atoms. The summed E-state index contributed by atoms with van der Waals surface area (Å²) in [5, 5.41) is -0.111. The molecule has 0 bridgehead atoms. The van der Waals surface area contributed by atoms with Crippen molar-refractivity contribution in [2.24, 2.45) is 5.73 Å². The summed E-state index contributed by atoms with van der Waals surface area (Å²) in [6.07, 6.45) is 2.84. The SMILES string of the molecule is NC1CCC(NS(=O)(=O)c2c(F)cccc2Cl)CC1. The van der Waals surface area contributed by atoms with Crippen molar-refractivity contribution >= 4 is 21.6 Å². The molecule has 4 nitrogen and oxygen atoms in total. The third-order valence-corrected chi connectivity index (χ3v) is 5.30. The van der Waals surface area contributed by atoms with E-state index in [4.69, 9.17) is 17.3 Å². The fourth-order valence-electron chi connectivity index (χ4n) is 2.25. The van der Waals surface area contributed by atoms with Crippen LogP contribution in [0.5, 0.6) is 0 Å². The molecule has 0 aliphatic heterocycles. The highest BCUT2D eigenvalue weighted by molar-refractivity contribution is 7.89. The van der Waals surface area contributed by atoms with Crippen LogP contribution in [0.4, 0.5) is 4.39 Å². The third kappa shape index (κ3) is 3.45. The van der Waals surface area contributed by atoms with Gasteiger partial charge in [0.2, 0.25) is 10.0 Å². The molecule has 1 aromatic rings. The molecule has 0 spiro atoms. The van der Waals surface area contributed by atoms with Crippen molar-refractivity contribution < 1.29 is 12.8 Å². The smallest absolute Gasteiger partial charge is 0.245 e. The Labute approximate surface area is 117 Å². The predicted octanol–water partition coefficient (Wildman–Crippen LogP) is 2.03. The van der Waals surface area contributed by atoms with Crippen LogP contribution in [-0.2, 0) is 10.0 Å². The Morgan fingerprint density at radius 2 is 1.89 bits per heavy atom. The highest BCUT2D eigenvalue weighted by Gasteiger charge is 2.27. The van der Waals surface area contributed by atoms with Crippen LogP contribution in [-0.4, -0.2) is 20.5 Å². The summed E-state index contributed by atoms with van der Waals surface area (Å²) in [5.41, 5.74) is 5.76. The molecule has 0 heterocycles. The Morgan fingerprint density at radius 3 is 2.47 bits per heavy atom. The van der Waals surface area contributed by atoms with E-state index in [-0.39, 0.29) is 17.1 Å². The summed E-state index contributed by atoms with van der Waals surface area (Å²) in [6, 6.07) is 3.72. The van der Waals surface area contributed by atoms with Crippen LogP contribution in [0.15, 0.2) is 23.1 Å². The lowest BCUT2D eigenvalue weighted by Crippen LogP contribution is -2.40. The van der Waals surface area contributed by atoms with Crippen molar-refractivity contribution in [3.8, 4) is 0 Å². The average Bonchev–Trinajstić information content (AvgIpc) is 2.31. The molecule has 0 aromatic heterocycles. The van der Waals surface area contributed by atoms with Crippen LogP contribution in [0.1, 0.15) is 25.7 Å². The zero-order valence-electron chi connectivity index (χ0n) is 10.3. The number of sulfonamides is 1. The Bertz CT molecular complexity index is 537. The fraction of sp³-hybridized carbons (Fsp3) is 0.500. The van der Waals surface area contributed by atoms with Crippen molar-refractivity contribution in [1.82, 2.24) is 4.72 Å². The molecule has 1 aliphatic carbocycles. The van der Waals surface area contributed by atoms with Crippen LogP contribution < -0.4 is 10.5 Å². The predicted molar refractivity (Wildman–Crippen MR) is 72.0 cm³/mol. The van der Waals surface area contributed by atoms with Gasteiger partial charge in [0.1, 0.15) is 10.7 Å². The summed E-state index contributed by atoms with van der Waals surface area (Å²) >= 11 is 5.78. The fourth-order valence-corrected chi connectivity index (χ4v) is 4.16. The molecule has 0 saturated heterocycles. The first kappa shape index (κ1) is 14.7. The summed E-state index contributed by atoms with van der Waals surface area (Å²) in [7, 11) is -3.94. The molecular weight excluding hydrogens is 291 g/mol. The van der Waals surface area contributed by atoms with Gasteiger partial charge < -0.3 is 5.73 Å². The van der Waals surface area contributed by atoms with E-state index in [1.807, 2.05) is 0 Å². The van der Waals surface area contributed by atoms with Crippen molar-refractivity contribution in [3.05, 3.63) is 29.0 Å². The van der Waals surface area contributed by atoms with Gasteiger partial charge in [0.05, 0.1) is 5.02 Å². The van der Waals surface area contributed by atoms with Gasteiger partial charge in [-0.3, -0.25) is 0 Å². The molecule has 1 aromatic carbocycles. The van der Waals surface area contributed by atoms with Crippen LogP contribution in [0.3, 0.4) is 0 Å². The van der Waals surface area contributed by atoms with Gasteiger partial charge in [0.15, 0.2) is 0 Å². The van der Waals surface area contributed by atoms with E-state index in [2.05, 4.69) is 4.72 Å². The normalized spacial score (nSPS) is 24.4. The molecule has 2 rings (SSSR count). The number of halogens is 2. The molecular formula is C12H16ClFN2O2S. The number of hydrogen-bond donors (Lipinski definition) is 2. The molecule has 1 aliphatic rings. The van der Waals surface area contributed by atoms with Crippen molar-refractivity contribution in [2.75, 3.05) is 0 Å². The van der Waals surface area contributed by atoms with Crippen molar-refractivity contribution in [3.63, 3.8) is 0 Å². The van der Waals surface area contributed by atoms with E-state index in [1.165, 1.54) is 12.1 Å². The second-order valence-electron chi connectivity index (χ2n) is 4.78. The van der Waals surface area contributed by atoms with Gasteiger partial charge in [-0.25, -0.2) is 17.5 Å².